The van der Waals surface area contributed by atoms with E-state index in [1.54, 1.807) is 0 Å². The molecule has 0 fully saturated rings. The smallest absolute Gasteiger partial charge is 0.0153 e. The van der Waals surface area contributed by atoms with Crippen molar-refractivity contribution >= 4 is 11.6 Å². The first-order valence-corrected chi connectivity index (χ1v) is 5.51. The Morgan fingerprint density at radius 2 is 1.79 bits per heavy atom. The largest absolute Gasteiger partial charge is 0.0894 e. The Morgan fingerprint density at radius 3 is 2.29 bits per heavy atom. The molecule has 0 saturated heterocycles. The van der Waals surface area contributed by atoms with Gasteiger partial charge in [-0.3, -0.25) is 0 Å². The van der Waals surface area contributed by atoms with Gasteiger partial charge in [-0.1, -0.05) is 55.8 Å². The van der Waals surface area contributed by atoms with Gasteiger partial charge in [-0.05, 0) is 24.0 Å². The summed E-state index contributed by atoms with van der Waals surface area (Å²) in [6, 6.07) is 8.65. The molecule has 0 heterocycles. The van der Waals surface area contributed by atoms with E-state index in [4.69, 9.17) is 11.6 Å². The fourth-order valence-corrected chi connectivity index (χ4v) is 1.58. The summed E-state index contributed by atoms with van der Waals surface area (Å²) in [5.74, 6) is 0. The third kappa shape index (κ3) is 3.97. The SMILES string of the molecule is C=C(Cl)Cc1ccc(CCCC)cc1. The summed E-state index contributed by atoms with van der Waals surface area (Å²) in [4.78, 5) is 0. The Morgan fingerprint density at radius 1 is 1.21 bits per heavy atom. The van der Waals surface area contributed by atoms with Crippen LogP contribution in [0.2, 0.25) is 0 Å². The van der Waals surface area contributed by atoms with Gasteiger partial charge in [-0.25, -0.2) is 0 Å². The van der Waals surface area contributed by atoms with Crippen LogP contribution in [-0.2, 0) is 12.8 Å². The second kappa shape index (κ2) is 5.87. The van der Waals surface area contributed by atoms with Gasteiger partial charge in [0.05, 0.1) is 0 Å². The first kappa shape index (κ1) is 11.3. The van der Waals surface area contributed by atoms with Crippen LogP contribution in [0.25, 0.3) is 0 Å². The standard InChI is InChI=1S/C13H17Cl/c1-3-4-5-12-6-8-13(9-7-12)10-11(2)14/h6-9H,2-5,10H2,1H3. The number of rotatable bonds is 5. The van der Waals surface area contributed by atoms with E-state index in [2.05, 4.69) is 37.8 Å². The van der Waals surface area contributed by atoms with E-state index in [-0.39, 0.29) is 0 Å². The molecule has 1 aromatic rings. The maximum absolute atomic E-state index is 5.74. The Labute approximate surface area is 91.6 Å². The minimum atomic E-state index is 0.700. The molecule has 0 nitrogen and oxygen atoms in total. The van der Waals surface area contributed by atoms with Crippen molar-refractivity contribution in [2.45, 2.75) is 32.6 Å². The molecule has 14 heavy (non-hydrogen) atoms. The summed E-state index contributed by atoms with van der Waals surface area (Å²) in [5.41, 5.74) is 2.65. The summed E-state index contributed by atoms with van der Waals surface area (Å²) >= 11 is 5.74. The van der Waals surface area contributed by atoms with Gasteiger partial charge in [0, 0.05) is 11.5 Å². The Bertz CT molecular complexity index is 285. The lowest BCUT2D eigenvalue weighted by atomic mass is 10.1. The monoisotopic (exact) mass is 208 g/mol. The van der Waals surface area contributed by atoms with Gasteiger partial charge in [-0.15, -0.1) is 0 Å². The van der Waals surface area contributed by atoms with Crippen LogP contribution in [0.3, 0.4) is 0 Å². The molecule has 0 aliphatic heterocycles. The molecule has 0 spiro atoms. The van der Waals surface area contributed by atoms with E-state index in [1.807, 2.05) is 0 Å². The number of hydrogen-bond acceptors (Lipinski definition) is 0. The molecule has 0 bridgehead atoms. The van der Waals surface area contributed by atoms with Crippen molar-refractivity contribution in [3.8, 4) is 0 Å². The predicted octanol–water partition coefficient (Wildman–Crippen LogP) is 4.32. The fourth-order valence-electron chi connectivity index (χ4n) is 1.43. The van der Waals surface area contributed by atoms with E-state index in [0.717, 1.165) is 6.42 Å². The zero-order valence-electron chi connectivity index (χ0n) is 8.72. The molecule has 1 heteroatoms. The zero-order valence-corrected chi connectivity index (χ0v) is 9.48. The first-order chi connectivity index (χ1) is 6.72. The highest BCUT2D eigenvalue weighted by molar-refractivity contribution is 6.29. The van der Waals surface area contributed by atoms with Crippen LogP contribution in [0, 0.1) is 0 Å². The number of allylic oxidation sites excluding steroid dienone is 1. The van der Waals surface area contributed by atoms with E-state index < -0.39 is 0 Å². The lowest BCUT2D eigenvalue weighted by molar-refractivity contribution is 0.795. The normalized spacial score (nSPS) is 10.1. The average molecular weight is 209 g/mol. The van der Waals surface area contributed by atoms with E-state index in [1.165, 1.54) is 30.4 Å². The zero-order chi connectivity index (χ0) is 10.4. The molecule has 0 unspecified atom stereocenters. The van der Waals surface area contributed by atoms with Gasteiger partial charge in [0.15, 0.2) is 0 Å². The van der Waals surface area contributed by atoms with E-state index in [0.29, 0.717) is 5.03 Å². The fraction of sp³-hybridized carbons (Fsp3) is 0.385. The molecule has 0 aromatic heterocycles. The van der Waals surface area contributed by atoms with Crippen molar-refractivity contribution in [2.75, 3.05) is 0 Å². The second-order valence-corrected chi connectivity index (χ2v) is 4.15. The van der Waals surface area contributed by atoms with Crippen molar-refractivity contribution in [2.24, 2.45) is 0 Å². The predicted molar refractivity (Wildman–Crippen MR) is 63.8 cm³/mol. The summed E-state index contributed by atoms with van der Waals surface area (Å²) in [5, 5.41) is 0.700. The molecule has 0 aliphatic rings. The minimum absolute atomic E-state index is 0.700. The number of hydrogen-bond donors (Lipinski definition) is 0. The Balaban J connectivity index is 2.54. The van der Waals surface area contributed by atoms with Crippen molar-refractivity contribution < 1.29 is 0 Å². The molecule has 0 radical (unpaired) electrons. The molecule has 1 aromatic carbocycles. The number of aryl methyl sites for hydroxylation is 1. The molecule has 0 aliphatic carbocycles. The van der Waals surface area contributed by atoms with Crippen molar-refractivity contribution in [3.05, 3.63) is 47.0 Å². The summed E-state index contributed by atoms with van der Waals surface area (Å²) < 4.78 is 0. The highest BCUT2D eigenvalue weighted by Crippen LogP contribution is 2.12. The molecule has 0 atom stereocenters. The second-order valence-electron chi connectivity index (χ2n) is 3.61. The third-order valence-electron chi connectivity index (χ3n) is 2.24. The molecule has 0 N–H and O–H groups in total. The first-order valence-electron chi connectivity index (χ1n) is 5.13. The van der Waals surface area contributed by atoms with Crippen molar-refractivity contribution in [1.82, 2.24) is 0 Å². The highest BCUT2D eigenvalue weighted by Gasteiger charge is 1.95. The Kier molecular flexibility index (Phi) is 4.75. The highest BCUT2D eigenvalue weighted by atomic mass is 35.5. The van der Waals surface area contributed by atoms with Gasteiger partial charge in [0.25, 0.3) is 0 Å². The van der Waals surface area contributed by atoms with Gasteiger partial charge < -0.3 is 0 Å². The quantitative estimate of drug-likeness (QED) is 0.676. The lowest BCUT2D eigenvalue weighted by Crippen LogP contribution is -1.87. The van der Waals surface area contributed by atoms with Crippen LogP contribution in [-0.4, -0.2) is 0 Å². The van der Waals surface area contributed by atoms with Crippen LogP contribution >= 0.6 is 11.6 Å². The lowest BCUT2D eigenvalue weighted by Gasteiger charge is -2.02. The van der Waals surface area contributed by atoms with Crippen molar-refractivity contribution in [1.29, 1.82) is 0 Å². The third-order valence-corrected chi connectivity index (χ3v) is 2.37. The van der Waals surface area contributed by atoms with Gasteiger partial charge >= 0.3 is 0 Å². The molecular formula is C13H17Cl. The molecule has 1 rings (SSSR count). The van der Waals surface area contributed by atoms with Crippen LogP contribution in [0.4, 0.5) is 0 Å². The summed E-state index contributed by atoms with van der Waals surface area (Å²) in [7, 11) is 0. The van der Waals surface area contributed by atoms with Gasteiger partial charge in [0.2, 0.25) is 0 Å². The van der Waals surface area contributed by atoms with E-state index >= 15 is 0 Å². The summed E-state index contributed by atoms with van der Waals surface area (Å²) in [6.07, 6.45) is 4.47. The Hall–Kier alpha value is -0.750. The van der Waals surface area contributed by atoms with Crippen LogP contribution in [0.5, 0.6) is 0 Å². The average Bonchev–Trinajstić information content (AvgIpc) is 2.16. The molecule has 0 saturated carbocycles. The van der Waals surface area contributed by atoms with Gasteiger partial charge in [-0.2, -0.15) is 0 Å². The topological polar surface area (TPSA) is 0 Å². The molecule has 0 amide bonds. The molecule has 76 valence electrons. The number of unbranched alkanes of at least 4 members (excludes halogenated alkanes) is 1. The van der Waals surface area contributed by atoms with Gasteiger partial charge in [0.1, 0.15) is 0 Å². The van der Waals surface area contributed by atoms with Crippen LogP contribution in [0.1, 0.15) is 30.9 Å². The number of benzene rings is 1. The minimum Gasteiger partial charge on any atom is -0.0894 e. The summed E-state index contributed by atoms with van der Waals surface area (Å²) in [6.45, 7) is 5.90. The maximum Gasteiger partial charge on any atom is 0.0153 e. The van der Waals surface area contributed by atoms with E-state index in [9.17, 15) is 0 Å². The molecular weight excluding hydrogens is 192 g/mol. The van der Waals surface area contributed by atoms with Crippen LogP contribution in [0.15, 0.2) is 35.9 Å². The maximum atomic E-state index is 5.74. The van der Waals surface area contributed by atoms with Crippen LogP contribution < -0.4 is 0 Å². The van der Waals surface area contributed by atoms with Crippen molar-refractivity contribution in [3.63, 3.8) is 0 Å². The number of halogens is 1.